The van der Waals surface area contributed by atoms with E-state index in [1.165, 1.54) is 12.8 Å². The van der Waals surface area contributed by atoms with Crippen molar-refractivity contribution in [1.29, 1.82) is 0 Å². The van der Waals surface area contributed by atoms with Gasteiger partial charge in [0.25, 0.3) is 0 Å². The van der Waals surface area contributed by atoms with Gasteiger partial charge in [0.2, 0.25) is 0 Å². The monoisotopic (exact) mass is 225 g/mol. The van der Waals surface area contributed by atoms with Crippen molar-refractivity contribution in [3.05, 3.63) is 29.3 Å². The Labute approximate surface area is 95.4 Å². The summed E-state index contributed by atoms with van der Waals surface area (Å²) in [7, 11) is 0. The Morgan fingerprint density at radius 2 is 2.00 bits per heavy atom. The zero-order chi connectivity index (χ0) is 10.7. The summed E-state index contributed by atoms with van der Waals surface area (Å²) in [5, 5.41) is 0.736. The highest BCUT2D eigenvalue weighted by atomic mass is 35.5. The van der Waals surface area contributed by atoms with Crippen LogP contribution in [0.25, 0.3) is 0 Å². The number of rotatable bonds is 5. The molecule has 0 saturated heterocycles. The van der Waals surface area contributed by atoms with E-state index in [-0.39, 0.29) is 0 Å². The maximum absolute atomic E-state index is 5.79. The molecule has 1 aromatic carbocycles. The third-order valence-corrected chi connectivity index (χ3v) is 3.12. The molecule has 3 heteroatoms. The van der Waals surface area contributed by atoms with E-state index in [1.54, 1.807) is 0 Å². The van der Waals surface area contributed by atoms with Gasteiger partial charge < -0.3 is 10.5 Å². The lowest BCUT2D eigenvalue weighted by Crippen LogP contribution is -2.23. The SMILES string of the molecule is NCC(COc1ccc(Cl)cc1)C1CC1. The summed E-state index contributed by atoms with van der Waals surface area (Å²) in [5.74, 6) is 2.18. The van der Waals surface area contributed by atoms with E-state index in [0.717, 1.165) is 29.8 Å². The molecular formula is C12H16ClNO. The van der Waals surface area contributed by atoms with E-state index < -0.39 is 0 Å². The molecule has 1 aromatic rings. The maximum Gasteiger partial charge on any atom is 0.119 e. The molecule has 15 heavy (non-hydrogen) atoms. The fourth-order valence-electron chi connectivity index (χ4n) is 1.70. The Bertz CT molecular complexity index is 308. The third kappa shape index (κ3) is 3.11. The van der Waals surface area contributed by atoms with Gasteiger partial charge in [-0.15, -0.1) is 0 Å². The second-order valence-corrected chi connectivity index (χ2v) is 4.53. The summed E-state index contributed by atoms with van der Waals surface area (Å²) in [6.07, 6.45) is 2.62. The molecule has 0 aliphatic heterocycles. The van der Waals surface area contributed by atoms with Crippen LogP contribution in [0.4, 0.5) is 0 Å². The fourth-order valence-corrected chi connectivity index (χ4v) is 1.82. The second kappa shape index (κ2) is 4.86. The van der Waals surface area contributed by atoms with Gasteiger partial charge >= 0.3 is 0 Å². The number of nitrogens with two attached hydrogens (primary N) is 1. The molecule has 1 unspecified atom stereocenters. The summed E-state index contributed by atoms with van der Waals surface area (Å²) in [6.45, 7) is 1.45. The first kappa shape index (κ1) is 10.8. The molecular weight excluding hydrogens is 210 g/mol. The molecule has 0 aromatic heterocycles. The van der Waals surface area contributed by atoms with Crippen LogP contribution >= 0.6 is 11.6 Å². The van der Waals surface area contributed by atoms with Crippen LogP contribution in [0.2, 0.25) is 5.02 Å². The molecule has 0 bridgehead atoms. The molecule has 0 radical (unpaired) electrons. The van der Waals surface area contributed by atoms with Crippen molar-refractivity contribution in [2.75, 3.05) is 13.2 Å². The first-order valence-corrected chi connectivity index (χ1v) is 5.76. The number of hydrogen-bond acceptors (Lipinski definition) is 2. The van der Waals surface area contributed by atoms with Crippen LogP contribution in [0.1, 0.15) is 12.8 Å². The van der Waals surface area contributed by atoms with E-state index in [2.05, 4.69) is 0 Å². The molecule has 1 atom stereocenters. The predicted molar refractivity (Wildman–Crippen MR) is 62.2 cm³/mol. The largest absolute Gasteiger partial charge is 0.493 e. The van der Waals surface area contributed by atoms with Gasteiger partial charge in [-0.1, -0.05) is 11.6 Å². The minimum Gasteiger partial charge on any atom is -0.493 e. The minimum absolute atomic E-state index is 0.515. The maximum atomic E-state index is 5.79. The number of hydrogen-bond donors (Lipinski definition) is 1. The van der Waals surface area contributed by atoms with Crippen LogP contribution in [0, 0.1) is 11.8 Å². The van der Waals surface area contributed by atoms with Crippen molar-refractivity contribution in [2.45, 2.75) is 12.8 Å². The van der Waals surface area contributed by atoms with Crippen molar-refractivity contribution >= 4 is 11.6 Å². The average Bonchev–Trinajstić information content (AvgIpc) is 3.06. The lowest BCUT2D eigenvalue weighted by atomic mass is 10.1. The Morgan fingerprint density at radius 3 is 2.53 bits per heavy atom. The van der Waals surface area contributed by atoms with Crippen LogP contribution < -0.4 is 10.5 Å². The van der Waals surface area contributed by atoms with Gasteiger partial charge in [-0.25, -0.2) is 0 Å². The smallest absolute Gasteiger partial charge is 0.119 e. The fraction of sp³-hybridized carbons (Fsp3) is 0.500. The molecule has 1 fully saturated rings. The highest BCUT2D eigenvalue weighted by molar-refractivity contribution is 6.30. The van der Waals surface area contributed by atoms with E-state index in [0.29, 0.717) is 5.92 Å². The second-order valence-electron chi connectivity index (χ2n) is 4.10. The lowest BCUT2D eigenvalue weighted by molar-refractivity contribution is 0.236. The average molecular weight is 226 g/mol. The van der Waals surface area contributed by atoms with Crippen molar-refractivity contribution in [2.24, 2.45) is 17.6 Å². The van der Waals surface area contributed by atoms with Crippen LogP contribution in [0.5, 0.6) is 5.75 Å². The summed E-state index contributed by atoms with van der Waals surface area (Å²) in [6, 6.07) is 7.46. The van der Waals surface area contributed by atoms with E-state index in [9.17, 15) is 0 Å². The molecule has 0 amide bonds. The Morgan fingerprint density at radius 1 is 1.33 bits per heavy atom. The minimum atomic E-state index is 0.515. The molecule has 0 heterocycles. The van der Waals surface area contributed by atoms with E-state index in [1.807, 2.05) is 24.3 Å². The topological polar surface area (TPSA) is 35.2 Å². The molecule has 2 nitrogen and oxygen atoms in total. The van der Waals surface area contributed by atoms with Crippen LogP contribution in [0.3, 0.4) is 0 Å². The molecule has 1 aliphatic rings. The highest BCUT2D eigenvalue weighted by Crippen LogP contribution is 2.36. The zero-order valence-corrected chi connectivity index (χ0v) is 9.41. The van der Waals surface area contributed by atoms with Gasteiger partial charge in [0, 0.05) is 10.9 Å². The summed E-state index contributed by atoms with van der Waals surface area (Å²) < 4.78 is 5.68. The van der Waals surface area contributed by atoms with Gasteiger partial charge in [0.1, 0.15) is 5.75 Å². The van der Waals surface area contributed by atoms with Crippen molar-refractivity contribution in [3.8, 4) is 5.75 Å². The van der Waals surface area contributed by atoms with Crippen molar-refractivity contribution in [1.82, 2.24) is 0 Å². The summed E-state index contributed by atoms with van der Waals surface area (Å²) in [5.41, 5.74) is 5.70. The Kier molecular flexibility index (Phi) is 3.49. The first-order chi connectivity index (χ1) is 7.29. The van der Waals surface area contributed by atoms with Crippen LogP contribution in [-0.2, 0) is 0 Å². The van der Waals surface area contributed by atoms with Gasteiger partial charge in [-0.2, -0.15) is 0 Å². The number of ether oxygens (including phenoxy) is 1. The number of halogens is 1. The standard InChI is InChI=1S/C12H16ClNO/c13-11-3-5-12(6-4-11)15-8-10(7-14)9-1-2-9/h3-6,9-10H,1-2,7-8,14H2. The van der Waals surface area contributed by atoms with Gasteiger partial charge in [0.15, 0.2) is 0 Å². The van der Waals surface area contributed by atoms with Gasteiger partial charge in [0.05, 0.1) is 6.61 Å². The molecule has 82 valence electrons. The zero-order valence-electron chi connectivity index (χ0n) is 8.66. The third-order valence-electron chi connectivity index (χ3n) is 2.87. The quantitative estimate of drug-likeness (QED) is 0.837. The van der Waals surface area contributed by atoms with Crippen molar-refractivity contribution < 1.29 is 4.74 Å². The van der Waals surface area contributed by atoms with Crippen molar-refractivity contribution in [3.63, 3.8) is 0 Å². The van der Waals surface area contributed by atoms with E-state index in [4.69, 9.17) is 22.1 Å². The summed E-state index contributed by atoms with van der Waals surface area (Å²) >= 11 is 5.79. The lowest BCUT2D eigenvalue weighted by Gasteiger charge is -2.14. The predicted octanol–water partition coefficient (Wildman–Crippen LogP) is 2.70. The molecule has 1 saturated carbocycles. The molecule has 1 aliphatic carbocycles. The van der Waals surface area contributed by atoms with Crippen LogP contribution in [-0.4, -0.2) is 13.2 Å². The first-order valence-electron chi connectivity index (χ1n) is 5.38. The van der Waals surface area contributed by atoms with Gasteiger partial charge in [-0.3, -0.25) is 0 Å². The molecule has 2 rings (SSSR count). The molecule has 2 N–H and O–H groups in total. The van der Waals surface area contributed by atoms with E-state index >= 15 is 0 Å². The van der Waals surface area contributed by atoms with Gasteiger partial charge in [-0.05, 0) is 49.6 Å². The summed E-state index contributed by atoms with van der Waals surface area (Å²) in [4.78, 5) is 0. The van der Waals surface area contributed by atoms with Crippen LogP contribution in [0.15, 0.2) is 24.3 Å². The Hall–Kier alpha value is -0.730. The molecule has 0 spiro atoms. The highest BCUT2D eigenvalue weighted by Gasteiger charge is 2.30. The normalized spacial score (nSPS) is 17.5. The number of benzene rings is 1. The Balaban J connectivity index is 1.83.